The van der Waals surface area contributed by atoms with Crippen molar-refractivity contribution in [2.24, 2.45) is 40.9 Å². The lowest BCUT2D eigenvalue weighted by atomic mass is 9.51. The van der Waals surface area contributed by atoms with Gasteiger partial charge in [-0.3, -0.25) is 4.79 Å². The molecule has 4 heteroatoms. The highest BCUT2D eigenvalue weighted by molar-refractivity contribution is 6.01. The van der Waals surface area contributed by atoms with Crippen molar-refractivity contribution in [2.45, 2.75) is 51.6 Å². The van der Waals surface area contributed by atoms with Crippen LogP contribution in [0, 0.1) is 35.0 Å². The smallest absolute Gasteiger partial charge is 0.178 e. The molecule has 132 valence electrons. The number of fused-ring (bicyclic) bond motifs is 5. The first-order valence-electron chi connectivity index (χ1n) is 9.48. The molecule has 0 spiro atoms. The van der Waals surface area contributed by atoms with Gasteiger partial charge in [-0.15, -0.1) is 0 Å². The van der Waals surface area contributed by atoms with Crippen LogP contribution in [-0.4, -0.2) is 23.6 Å². The summed E-state index contributed by atoms with van der Waals surface area (Å²) in [5.41, 5.74) is 1.40. The Hall–Kier alpha value is -0.970. The van der Waals surface area contributed by atoms with E-state index in [4.69, 9.17) is 10.7 Å². The first-order valence-corrected chi connectivity index (χ1v) is 9.48. The molecule has 0 aliphatic heterocycles. The summed E-state index contributed by atoms with van der Waals surface area (Å²) in [7, 11) is 0. The van der Waals surface area contributed by atoms with Gasteiger partial charge in [0.15, 0.2) is 5.78 Å². The zero-order valence-corrected chi connectivity index (χ0v) is 14.5. The van der Waals surface area contributed by atoms with Gasteiger partial charge in [0.05, 0.1) is 12.7 Å². The molecule has 3 fully saturated rings. The quantitative estimate of drug-likeness (QED) is 0.780. The van der Waals surface area contributed by atoms with Crippen molar-refractivity contribution in [3.63, 3.8) is 0 Å². The van der Waals surface area contributed by atoms with Crippen LogP contribution in [0.15, 0.2) is 23.8 Å². The first-order chi connectivity index (χ1) is 11.5. The van der Waals surface area contributed by atoms with E-state index in [1.54, 1.807) is 6.08 Å². The molecule has 0 aromatic carbocycles. The Morgan fingerprint density at radius 2 is 2.17 bits per heavy atom. The van der Waals surface area contributed by atoms with Gasteiger partial charge in [-0.2, -0.15) is 0 Å². The van der Waals surface area contributed by atoms with Crippen LogP contribution in [0.4, 0.5) is 0 Å². The number of ketones is 1. The molecule has 3 saturated carbocycles. The molecule has 0 aromatic heterocycles. The minimum Gasteiger partial charge on any atom is -0.393 e. The summed E-state index contributed by atoms with van der Waals surface area (Å²) < 4.78 is 0. The molecule has 0 aromatic rings. The number of rotatable bonds is 3. The van der Waals surface area contributed by atoms with Gasteiger partial charge in [-0.05, 0) is 79.8 Å². The second-order valence-electron chi connectivity index (χ2n) is 8.60. The highest BCUT2D eigenvalue weighted by Gasteiger charge is 2.56. The molecule has 0 radical (unpaired) electrons. The standard InChI is InChI=1S/C20H29NO3/c1-20-8-6-15-14-3-2-13(22)11-16(14)12(7-9-24-21)10-17(15)18(20)4-5-19(20)23/h2-3,11-12,14-15,17-19,23H,4-10,21H2,1H3/t12-,14?,15-,17-,18+,19+,20+/m1/s1. The van der Waals surface area contributed by atoms with E-state index in [2.05, 4.69) is 13.0 Å². The van der Waals surface area contributed by atoms with Crippen LogP contribution in [0.1, 0.15) is 45.4 Å². The van der Waals surface area contributed by atoms with Crippen molar-refractivity contribution in [1.82, 2.24) is 0 Å². The fraction of sp³-hybridized carbons (Fsp3) is 0.750. The monoisotopic (exact) mass is 331 g/mol. The number of allylic oxidation sites excluding steroid dienone is 4. The molecule has 4 aliphatic rings. The number of hydrogen-bond donors (Lipinski definition) is 2. The molecule has 0 saturated heterocycles. The summed E-state index contributed by atoms with van der Waals surface area (Å²) in [6, 6.07) is 0. The first kappa shape index (κ1) is 16.5. The van der Waals surface area contributed by atoms with Gasteiger partial charge in [-0.1, -0.05) is 18.6 Å². The molecule has 0 heterocycles. The third kappa shape index (κ3) is 2.42. The summed E-state index contributed by atoms with van der Waals surface area (Å²) in [4.78, 5) is 16.8. The Morgan fingerprint density at radius 1 is 1.33 bits per heavy atom. The second-order valence-corrected chi connectivity index (χ2v) is 8.60. The fourth-order valence-electron chi connectivity index (χ4n) is 6.43. The molecule has 0 amide bonds. The lowest BCUT2D eigenvalue weighted by molar-refractivity contribution is -0.111. The van der Waals surface area contributed by atoms with Crippen LogP contribution in [0.2, 0.25) is 0 Å². The minimum absolute atomic E-state index is 0.0888. The maximum absolute atomic E-state index is 11.9. The number of aliphatic hydroxyl groups is 1. The largest absolute Gasteiger partial charge is 0.393 e. The van der Waals surface area contributed by atoms with Crippen LogP contribution < -0.4 is 5.90 Å². The van der Waals surface area contributed by atoms with Crippen molar-refractivity contribution >= 4 is 5.78 Å². The molecule has 4 aliphatic carbocycles. The topological polar surface area (TPSA) is 72.5 Å². The summed E-state index contributed by atoms with van der Waals surface area (Å²) in [5.74, 6) is 8.04. The maximum atomic E-state index is 11.9. The van der Waals surface area contributed by atoms with Gasteiger partial charge in [-0.25, -0.2) is 5.90 Å². The van der Waals surface area contributed by atoms with Crippen molar-refractivity contribution < 1.29 is 14.7 Å². The SMILES string of the molecule is C[C@]12CC[C@@H]3C4C=CC(=O)C=C4[C@H](CCON)C[C@H]3[C@@H]1CC[C@@H]2O. The van der Waals surface area contributed by atoms with Crippen molar-refractivity contribution in [3.05, 3.63) is 23.8 Å². The minimum atomic E-state index is -0.144. The van der Waals surface area contributed by atoms with E-state index in [0.29, 0.717) is 36.2 Å². The van der Waals surface area contributed by atoms with Crippen LogP contribution in [0.25, 0.3) is 0 Å². The average molecular weight is 331 g/mol. The predicted molar refractivity (Wildman–Crippen MR) is 91.6 cm³/mol. The molecule has 4 rings (SSSR count). The summed E-state index contributed by atoms with van der Waals surface area (Å²) in [6.07, 6.45) is 12.0. The fourth-order valence-corrected chi connectivity index (χ4v) is 6.43. The summed E-state index contributed by atoms with van der Waals surface area (Å²) >= 11 is 0. The molecule has 1 unspecified atom stereocenters. The molecule has 3 N–H and O–H groups in total. The highest BCUT2D eigenvalue weighted by Crippen LogP contribution is 2.62. The van der Waals surface area contributed by atoms with Crippen LogP contribution in [-0.2, 0) is 9.63 Å². The predicted octanol–water partition coefficient (Wildman–Crippen LogP) is 2.77. The van der Waals surface area contributed by atoms with Gasteiger partial charge >= 0.3 is 0 Å². The van der Waals surface area contributed by atoms with E-state index < -0.39 is 0 Å². The average Bonchev–Trinajstić information content (AvgIpc) is 2.88. The Bertz CT molecular complexity index is 583. The van der Waals surface area contributed by atoms with E-state index in [0.717, 1.165) is 38.5 Å². The molecular formula is C20H29NO3. The summed E-state index contributed by atoms with van der Waals surface area (Å²) in [6.45, 7) is 2.84. The number of aliphatic hydroxyl groups excluding tert-OH is 1. The number of hydrogen-bond acceptors (Lipinski definition) is 4. The molecule has 7 atom stereocenters. The molecular weight excluding hydrogens is 302 g/mol. The Morgan fingerprint density at radius 3 is 2.96 bits per heavy atom. The van der Waals surface area contributed by atoms with Crippen LogP contribution in [0.3, 0.4) is 0 Å². The van der Waals surface area contributed by atoms with Gasteiger partial charge < -0.3 is 9.94 Å². The van der Waals surface area contributed by atoms with Crippen molar-refractivity contribution in [3.8, 4) is 0 Å². The number of nitrogens with two attached hydrogens (primary N) is 1. The maximum Gasteiger partial charge on any atom is 0.178 e. The Kier molecular flexibility index (Phi) is 4.18. The third-order valence-electron chi connectivity index (χ3n) is 7.68. The zero-order chi connectivity index (χ0) is 16.9. The lowest BCUT2D eigenvalue weighted by Gasteiger charge is -2.54. The van der Waals surface area contributed by atoms with Gasteiger partial charge in [0, 0.05) is 5.92 Å². The van der Waals surface area contributed by atoms with Gasteiger partial charge in [0.25, 0.3) is 0 Å². The summed E-state index contributed by atoms with van der Waals surface area (Å²) in [5, 5.41) is 10.5. The number of carbonyl (C=O) groups excluding carboxylic acids is 1. The normalized spacial score (nSPS) is 47.0. The highest BCUT2D eigenvalue weighted by atomic mass is 16.6. The second kappa shape index (κ2) is 6.08. The number of carbonyl (C=O) groups is 1. The Labute approximate surface area is 144 Å². The lowest BCUT2D eigenvalue weighted by Crippen LogP contribution is -2.48. The van der Waals surface area contributed by atoms with E-state index in [9.17, 15) is 9.90 Å². The molecule has 0 bridgehead atoms. The van der Waals surface area contributed by atoms with E-state index >= 15 is 0 Å². The van der Waals surface area contributed by atoms with Gasteiger partial charge in [0.2, 0.25) is 0 Å². The van der Waals surface area contributed by atoms with E-state index in [1.807, 2.05) is 6.08 Å². The zero-order valence-electron chi connectivity index (χ0n) is 14.5. The van der Waals surface area contributed by atoms with Crippen LogP contribution >= 0.6 is 0 Å². The van der Waals surface area contributed by atoms with E-state index in [1.165, 1.54) is 5.57 Å². The van der Waals surface area contributed by atoms with Crippen molar-refractivity contribution in [2.75, 3.05) is 6.61 Å². The Balaban J connectivity index is 1.65. The third-order valence-corrected chi connectivity index (χ3v) is 7.68. The van der Waals surface area contributed by atoms with Crippen molar-refractivity contribution in [1.29, 1.82) is 0 Å². The molecule has 4 nitrogen and oxygen atoms in total. The molecule has 24 heavy (non-hydrogen) atoms. The van der Waals surface area contributed by atoms with E-state index in [-0.39, 0.29) is 17.3 Å². The van der Waals surface area contributed by atoms with Crippen LogP contribution in [0.5, 0.6) is 0 Å². The van der Waals surface area contributed by atoms with Gasteiger partial charge in [0.1, 0.15) is 0 Å².